The second-order valence-electron chi connectivity index (χ2n) is 8.03. The van der Waals surface area contributed by atoms with Crippen molar-refractivity contribution in [2.75, 3.05) is 0 Å². The summed E-state index contributed by atoms with van der Waals surface area (Å²) >= 11 is 1.58. The van der Waals surface area contributed by atoms with Gasteiger partial charge in [0.05, 0.1) is 16.1 Å². The molecule has 29 heavy (non-hydrogen) atoms. The van der Waals surface area contributed by atoms with Crippen molar-refractivity contribution in [2.45, 2.75) is 62.3 Å². The van der Waals surface area contributed by atoms with Gasteiger partial charge in [0.1, 0.15) is 0 Å². The van der Waals surface area contributed by atoms with Gasteiger partial charge < -0.3 is 4.74 Å². The molecule has 4 nitrogen and oxygen atoms in total. The van der Waals surface area contributed by atoms with Crippen LogP contribution in [-0.2, 0) is 16.8 Å². The lowest BCUT2D eigenvalue weighted by Gasteiger charge is -2.22. The largest absolute Gasteiger partial charge is 0.406 e. The van der Waals surface area contributed by atoms with Crippen molar-refractivity contribution in [1.82, 2.24) is 9.78 Å². The Morgan fingerprint density at radius 1 is 1.03 bits per heavy atom. The Morgan fingerprint density at radius 3 is 2.28 bits per heavy atom. The number of carbonyl (C=O) groups excluding carboxylic acids is 1. The Kier molecular flexibility index (Phi) is 6.80. The Balaban J connectivity index is 1.76. The van der Waals surface area contributed by atoms with Crippen molar-refractivity contribution in [3.05, 3.63) is 71.9 Å². The van der Waals surface area contributed by atoms with Crippen molar-refractivity contribution in [3.8, 4) is 5.88 Å². The van der Waals surface area contributed by atoms with Gasteiger partial charge in [0.25, 0.3) is 0 Å². The van der Waals surface area contributed by atoms with Crippen LogP contribution in [0, 0.1) is 6.92 Å². The van der Waals surface area contributed by atoms with Crippen molar-refractivity contribution >= 4 is 17.7 Å². The van der Waals surface area contributed by atoms with Gasteiger partial charge in [0.2, 0.25) is 5.88 Å². The van der Waals surface area contributed by atoms with E-state index in [-0.39, 0.29) is 11.5 Å². The van der Waals surface area contributed by atoms with Crippen LogP contribution < -0.4 is 4.74 Å². The van der Waals surface area contributed by atoms with Crippen LogP contribution in [0.2, 0.25) is 0 Å². The summed E-state index contributed by atoms with van der Waals surface area (Å²) in [5.41, 5.74) is 1.80. The van der Waals surface area contributed by atoms with Gasteiger partial charge >= 0.3 is 5.97 Å². The van der Waals surface area contributed by atoms with Crippen LogP contribution in [0.5, 0.6) is 5.88 Å². The molecule has 0 unspecified atom stereocenters. The van der Waals surface area contributed by atoms with Gasteiger partial charge in [-0.3, -0.25) is 4.79 Å². The third-order valence-electron chi connectivity index (χ3n) is 4.46. The van der Waals surface area contributed by atoms with E-state index in [1.54, 1.807) is 11.8 Å². The van der Waals surface area contributed by atoms with E-state index in [9.17, 15) is 4.79 Å². The van der Waals surface area contributed by atoms with Gasteiger partial charge in [0.15, 0.2) is 0 Å². The standard InChI is InChI=1S/C24H28N2O2S/c1-18-22(29-20-15-9-6-10-16-20)23(26(25-18)24(2,3)4)28-21(27)17-11-14-19-12-7-5-8-13-19/h5-10,12-13,15-16H,11,14,17H2,1-4H3. The molecule has 1 heterocycles. The van der Waals surface area contributed by atoms with E-state index in [4.69, 9.17) is 4.74 Å². The molecule has 0 atom stereocenters. The molecule has 0 fully saturated rings. The maximum absolute atomic E-state index is 12.6. The number of esters is 1. The van der Waals surface area contributed by atoms with Gasteiger partial charge in [-0.2, -0.15) is 5.10 Å². The maximum Gasteiger partial charge on any atom is 0.312 e. The van der Waals surface area contributed by atoms with Gasteiger partial charge in [-0.1, -0.05) is 60.3 Å². The average Bonchev–Trinajstić information content (AvgIpc) is 2.99. The number of hydrogen-bond donors (Lipinski definition) is 0. The average molecular weight is 409 g/mol. The van der Waals surface area contributed by atoms with E-state index in [1.807, 2.05) is 60.1 Å². The minimum atomic E-state index is -0.292. The van der Waals surface area contributed by atoms with Crippen molar-refractivity contribution in [3.63, 3.8) is 0 Å². The molecule has 5 heteroatoms. The predicted molar refractivity (Wildman–Crippen MR) is 118 cm³/mol. The molecule has 0 saturated heterocycles. The zero-order valence-electron chi connectivity index (χ0n) is 17.5. The Labute approximate surface area is 177 Å². The molecule has 0 saturated carbocycles. The molecule has 152 valence electrons. The van der Waals surface area contributed by atoms with Crippen LogP contribution in [0.25, 0.3) is 0 Å². The number of aromatic nitrogens is 2. The fraction of sp³-hybridized carbons (Fsp3) is 0.333. The molecule has 0 bridgehead atoms. The van der Waals surface area contributed by atoms with Crippen molar-refractivity contribution < 1.29 is 9.53 Å². The molecule has 0 aliphatic heterocycles. The molecule has 1 aromatic heterocycles. The molecule has 2 aromatic carbocycles. The number of carbonyl (C=O) groups is 1. The Hall–Kier alpha value is -2.53. The first-order chi connectivity index (χ1) is 13.8. The highest BCUT2D eigenvalue weighted by molar-refractivity contribution is 7.99. The SMILES string of the molecule is Cc1nn(C(C)(C)C)c(OC(=O)CCCc2ccccc2)c1Sc1ccccc1. The highest BCUT2D eigenvalue weighted by Crippen LogP contribution is 2.40. The molecule has 0 N–H and O–H groups in total. The summed E-state index contributed by atoms with van der Waals surface area (Å²) in [5.74, 6) is 0.315. The highest BCUT2D eigenvalue weighted by Gasteiger charge is 2.27. The maximum atomic E-state index is 12.6. The number of aryl methyl sites for hydroxylation is 2. The number of benzene rings is 2. The molecule has 0 radical (unpaired) electrons. The van der Waals surface area contributed by atoms with Crippen LogP contribution >= 0.6 is 11.8 Å². The van der Waals surface area contributed by atoms with Gasteiger partial charge in [-0.25, -0.2) is 4.68 Å². The quantitative estimate of drug-likeness (QED) is 0.448. The van der Waals surface area contributed by atoms with Crippen LogP contribution in [-0.4, -0.2) is 15.7 Å². The van der Waals surface area contributed by atoms with Crippen LogP contribution in [0.4, 0.5) is 0 Å². The summed E-state index contributed by atoms with van der Waals surface area (Å²) in [6.07, 6.45) is 1.99. The third-order valence-corrected chi connectivity index (χ3v) is 5.65. The summed E-state index contributed by atoms with van der Waals surface area (Å²) in [7, 11) is 0. The summed E-state index contributed by atoms with van der Waals surface area (Å²) in [4.78, 5) is 14.6. The molecule has 0 aliphatic rings. The number of ether oxygens (including phenoxy) is 1. The summed E-state index contributed by atoms with van der Waals surface area (Å²) < 4.78 is 7.70. The molecular formula is C24H28N2O2S. The highest BCUT2D eigenvalue weighted by atomic mass is 32.2. The van der Waals surface area contributed by atoms with E-state index in [0.29, 0.717) is 12.3 Å². The lowest BCUT2D eigenvalue weighted by atomic mass is 10.1. The Bertz CT molecular complexity index is 944. The molecular weight excluding hydrogens is 380 g/mol. The van der Waals surface area contributed by atoms with Gasteiger partial charge in [-0.05, 0) is 58.2 Å². The van der Waals surface area contributed by atoms with E-state index >= 15 is 0 Å². The second-order valence-corrected chi connectivity index (χ2v) is 9.11. The zero-order valence-corrected chi connectivity index (χ0v) is 18.3. The molecule has 3 rings (SSSR count). The fourth-order valence-corrected chi connectivity index (χ4v) is 3.93. The fourth-order valence-electron chi connectivity index (χ4n) is 3.00. The third kappa shape index (κ3) is 5.73. The van der Waals surface area contributed by atoms with E-state index < -0.39 is 0 Å². The molecule has 0 spiro atoms. The van der Waals surface area contributed by atoms with Gasteiger partial charge in [0, 0.05) is 11.3 Å². The van der Waals surface area contributed by atoms with Gasteiger partial charge in [-0.15, -0.1) is 0 Å². The number of hydrogen-bond acceptors (Lipinski definition) is 4. The Morgan fingerprint density at radius 2 is 1.66 bits per heavy atom. The first-order valence-electron chi connectivity index (χ1n) is 9.92. The second kappa shape index (κ2) is 9.31. The monoisotopic (exact) mass is 408 g/mol. The minimum Gasteiger partial charge on any atom is -0.406 e. The minimum absolute atomic E-state index is 0.221. The first-order valence-corrected chi connectivity index (χ1v) is 10.7. The van der Waals surface area contributed by atoms with Crippen molar-refractivity contribution in [2.24, 2.45) is 0 Å². The van der Waals surface area contributed by atoms with Crippen molar-refractivity contribution in [1.29, 1.82) is 0 Å². The molecule has 0 aliphatic carbocycles. The molecule has 0 amide bonds. The van der Waals surface area contributed by atoms with E-state index in [2.05, 4.69) is 38.0 Å². The lowest BCUT2D eigenvalue weighted by molar-refractivity contribution is -0.135. The van der Waals surface area contributed by atoms with Crippen LogP contribution in [0.15, 0.2) is 70.5 Å². The molecule has 3 aromatic rings. The predicted octanol–water partition coefficient (Wildman–Crippen LogP) is 6.03. The summed E-state index contributed by atoms with van der Waals surface area (Å²) in [5, 5.41) is 4.68. The summed E-state index contributed by atoms with van der Waals surface area (Å²) in [6.45, 7) is 8.13. The van der Waals surface area contributed by atoms with Crippen LogP contribution in [0.1, 0.15) is 44.9 Å². The van der Waals surface area contributed by atoms with Crippen LogP contribution in [0.3, 0.4) is 0 Å². The normalized spacial score (nSPS) is 11.4. The van der Waals surface area contributed by atoms with E-state index in [0.717, 1.165) is 28.3 Å². The number of nitrogens with zero attached hydrogens (tertiary/aromatic N) is 2. The smallest absolute Gasteiger partial charge is 0.312 e. The number of rotatable bonds is 7. The van der Waals surface area contributed by atoms with E-state index in [1.165, 1.54) is 5.56 Å². The summed E-state index contributed by atoms with van der Waals surface area (Å²) in [6, 6.07) is 20.3. The zero-order chi connectivity index (χ0) is 20.9. The first kappa shape index (κ1) is 21.2. The lowest BCUT2D eigenvalue weighted by Crippen LogP contribution is -2.25. The topological polar surface area (TPSA) is 44.1 Å².